The van der Waals surface area contributed by atoms with E-state index in [4.69, 9.17) is 9.84 Å². The zero-order valence-electron chi connectivity index (χ0n) is 8.87. The van der Waals surface area contributed by atoms with Gasteiger partial charge < -0.3 is 9.84 Å². The van der Waals surface area contributed by atoms with Gasteiger partial charge in [-0.15, -0.1) is 0 Å². The van der Waals surface area contributed by atoms with Gasteiger partial charge in [-0.2, -0.15) is 13.2 Å². The molecule has 1 aliphatic heterocycles. The van der Waals surface area contributed by atoms with Crippen molar-refractivity contribution in [3.63, 3.8) is 0 Å². The van der Waals surface area contributed by atoms with Crippen LogP contribution < -0.4 is 4.74 Å². The van der Waals surface area contributed by atoms with E-state index in [-0.39, 0.29) is 12.2 Å². The average molecular weight is 325 g/mol. The van der Waals surface area contributed by atoms with Crippen LogP contribution in [0.3, 0.4) is 0 Å². The lowest BCUT2D eigenvalue weighted by atomic mass is 9.90. The van der Waals surface area contributed by atoms with E-state index in [1.54, 1.807) is 12.1 Å². The number of fused-ring (bicyclic) bond motifs is 1. The Hall–Kier alpha value is -1.24. The molecule has 2 unspecified atom stereocenters. The molecule has 0 spiro atoms. The van der Waals surface area contributed by atoms with Crippen LogP contribution in [0.4, 0.5) is 13.2 Å². The Kier molecular flexibility index (Phi) is 3.27. The summed E-state index contributed by atoms with van der Waals surface area (Å²) in [5.41, 5.74) is 0.456. The number of benzene rings is 1. The lowest BCUT2D eigenvalue weighted by Gasteiger charge is -2.32. The maximum absolute atomic E-state index is 12.7. The van der Waals surface area contributed by atoms with Gasteiger partial charge in [-0.3, -0.25) is 4.79 Å². The molecule has 1 heterocycles. The van der Waals surface area contributed by atoms with E-state index >= 15 is 0 Å². The van der Waals surface area contributed by atoms with Crippen LogP contribution in [0.5, 0.6) is 5.75 Å². The topological polar surface area (TPSA) is 46.5 Å². The highest BCUT2D eigenvalue weighted by molar-refractivity contribution is 9.10. The second-order valence-electron chi connectivity index (χ2n) is 3.98. The van der Waals surface area contributed by atoms with Crippen LogP contribution in [0.1, 0.15) is 5.56 Å². The van der Waals surface area contributed by atoms with Crippen molar-refractivity contribution in [3.05, 3.63) is 28.2 Å². The molecule has 7 heteroatoms. The second kappa shape index (κ2) is 4.46. The van der Waals surface area contributed by atoms with E-state index in [9.17, 15) is 18.0 Å². The molecule has 1 aliphatic rings. The van der Waals surface area contributed by atoms with Crippen LogP contribution in [-0.2, 0) is 11.2 Å². The van der Waals surface area contributed by atoms with E-state index in [0.717, 1.165) is 0 Å². The fourth-order valence-corrected chi connectivity index (χ4v) is 2.31. The standard InChI is InChI=1S/C11H8BrF3O3/c12-6-1-2-8-5(3-6)4-7(10(16)17)9(18-8)11(13,14)15/h1-3,7,9H,4H2,(H,16,17). The van der Waals surface area contributed by atoms with Crippen LogP contribution in [-0.4, -0.2) is 23.4 Å². The van der Waals surface area contributed by atoms with E-state index in [1.807, 2.05) is 0 Å². The first kappa shape index (κ1) is 13.2. The minimum Gasteiger partial charge on any atom is -0.481 e. The molecule has 0 fully saturated rings. The minimum atomic E-state index is -4.70. The van der Waals surface area contributed by atoms with Gasteiger partial charge in [0.1, 0.15) is 11.7 Å². The molecular formula is C11H8BrF3O3. The summed E-state index contributed by atoms with van der Waals surface area (Å²) in [4.78, 5) is 10.9. The average Bonchev–Trinajstić information content (AvgIpc) is 2.25. The van der Waals surface area contributed by atoms with Crippen molar-refractivity contribution in [2.75, 3.05) is 0 Å². The largest absolute Gasteiger partial charge is 0.481 e. The Bertz CT molecular complexity index is 487. The van der Waals surface area contributed by atoms with Gasteiger partial charge >= 0.3 is 12.1 Å². The Balaban J connectivity index is 2.40. The SMILES string of the molecule is O=C(O)C1Cc2cc(Br)ccc2OC1C(F)(F)F. The predicted octanol–water partition coefficient (Wildman–Crippen LogP) is 3.02. The number of aliphatic carboxylic acids is 1. The van der Waals surface area contributed by atoms with E-state index in [1.165, 1.54) is 6.07 Å². The first-order chi connectivity index (χ1) is 8.29. The molecule has 3 nitrogen and oxygen atoms in total. The summed E-state index contributed by atoms with van der Waals surface area (Å²) >= 11 is 3.18. The maximum atomic E-state index is 12.7. The predicted molar refractivity (Wildman–Crippen MR) is 59.4 cm³/mol. The number of carboxylic acid groups (broad SMARTS) is 1. The normalized spacial score (nSPS) is 23.1. The van der Waals surface area contributed by atoms with Crippen molar-refractivity contribution < 1.29 is 27.8 Å². The number of halogens is 4. The summed E-state index contributed by atoms with van der Waals surface area (Å²) in [6, 6.07) is 4.52. The van der Waals surface area contributed by atoms with Gasteiger partial charge in [0, 0.05) is 4.47 Å². The molecule has 0 radical (unpaired) electrons. The Morgan fingerprint density at radius 1 is 1.44 bits per heavy atom. The number of carbonyl (C=O) groups is 1. The van der Waals surface area contributed by atoms with Crippen molar-refractivity contribution in [2.45, 2.75) is 18.7 Å². The van der Waals surface area contributed by atoms with Crippen molar-refractivity contribution >= 4 is 21.9 Å². The number of rotatable bonds is 1. The molecule has 0 amide bonds. The highest BCUT2D eigenvalue weighted by atomic mass is 79.9. The molecule has 1 aromatic rings. The lowest BCUT2D eigenvalue weighted by Crippen LogP contribution is -2.47. The van der Waals surface area contributed by atoms with Crippen LogP contribution in [0.15, 0.2) is 22.7 Å². The lowest BCUT2D eigenvalue weighted by molar-refractivity contribution is -0.217. The van der Waals surface area contributed by atoms with Gasteiger partial charge in [-0.25, -0.2) is 0 Å². The van der Waals surface area contributed by atoms with Gasteiger partial charge in [0.05, 0.1) is 0 Å². The maximum Gasteiger partial charge on any atom is 0.426 e. The molecule has 98 valence electrons. The summed E-state index contributed by atoms with van der Waals surface area (Å²) in [5, 5.41) is 8.88. The molecule has 0 aromatic heterocycles. The van der Waals surface area contributed by atoms with E-state index in [0.29, 0.717) is 10.0 Å². The van der Waals surface area contributed by atoms with Gasteiger partial charge in [-0.1, -0.05) is 15.9 Å². The van der Waals surface area contributed by atoms with Gasteiger partial charge in [0.2, 0.25) is 6.10 Å². The monoisotopic (exact) mass is 324 g/mol. The van der Waals surface area contributed by atoms with Crippen LogP contribution in [0.2, 0.25) is 0 Å². The number of hydrogen-bond donors (Lipinski definition) is 1. The van der Waals surface area contributed by atoms with Crippen molar-refractivity contribution in [1.82, 2.24) is 0 Å². The van der Waals surface area contributed by atoms with Gasteiger partial charge in [0.25, 0.3) is 0 Å². The van der Waals surface area contributed by atoms with Gasteiger partial charge in [-0.05, 0) is 30.2 Å². The smallest absolute Gasteiger partial charge is 0.426 e. The second-order valence-corrected chi connectivity index (χ2v) is 4.90. The highest BCUT2D eigenvalue weighted by Crippen LogP contribution is 2.39. The molecule has 0 saturated carbocycles. The summed E-state index contributed by atoms with van der Waals surface area (Å²) < 4.78 is 43.6. The summed E-state index contributed by atoms with van der Waals surface area (Å²) in [5.74, 6) is -3.05. The first-order valence-electron chi connectivity index (χ1n) is 5.03. The first-order valence-corrected chi connectivity index (χ1v) is 5.83. The number of carboxylic acids is 1. The molecule has 0 saturated heterocycles. The Morgan fingerprint density at radius 2 is 2.11 bits per heavy atom. The van der Waals surface area contributed by atoms with E-state index < -0.39 is 24.2 Å². The quantitative estimate of drug-likeness (QED) is 0.863. The zero-order valence-corrected chi connectivity index (χ0v) is 10.5. The zero-order chi connectivity index (χ0) is 13.5. The molecule has 18 heavy (non-hydrogen) atoms. The Labute approximate surface area is 109 Å². The van der Waals surface area contributed by atoms with Gasteiger partial charge in [0.15, 0.2) is 0 Å². The highest BCUT2D eigenvalue weighted by Gasteiger charge is 2.52. The number of hydrogen-bond acceptors (Lipinski definition) is 2. The number of alkyl halides is 3. The van der Waals surface area contributed by atoms with Crippen molar-refractivity contribution in [1.29, 1.82) is 0 Å². The fourth-order valence-electron chi connectivity index (χ4n) is 1.90. The number of ether oxygens (including phenoxy) is 1. The molecule has 1 aromatic carbocycles. The fraction of sp³-hybridized carbons (Fsp3) is 0.364. The summed E-state index contributed by atoms with van der Waals surface area (Å²) in [6.45, 7) is 0. The van der Waals surface area contributed by atoms with Crippen LogP contribution >= 0.6 is 15.9 Å². The summed E-state index contributed by atoms with van der Waals surface area (Å²) in [7, 11) is 0. The molecule has 1 N–H and O–H groups in total. The molecule has 0 bridgehead atoms. The molecule has 0 aliphatic carbocycles. The van der Waals surface area contributed by atoms with E-state index in [2.05, 4.69) is 15.9 Å². The third kappa shape index (κ3) is 2.45. The van der Waals surface area contributed by atoms with Crippen LogP contribution in [0, 0.1) is 5.92 Å². The van der Waals surface area contributed by atoms with Crippen molar-refractivity contribution in [2.24, 2.45) is 5.92 Å². The summed E-state index contributed by atoms with van der Waals surface area (Å²) in [6.07, 6.45) is -7.20. The molecule has 2 rings (SSSR count). The third-order valence-corrected chi connectivity index (χ3v) is 3.21. The van der Waals surface area contributed by atoms with Crippen LogP contribution in [0.25, 0.3) is 0 Å². The third-order valence-electron chi connectivity index (χ3n) is 2.72. The molecular weight excluding hydrogens is 317 g/mol. The molecule has 2 atom stereocenters. The Morgan fingerprint density at radius 3 is 2.67 bits per heavy atom. The van der Waals surface area contributed by atoms with Crippen molar-refractivity contribution in [3.8, 4) is 5.75 Å². The minimum absolute atomic E-state index is 0.0815.